The summed E-state index contributed by atoms with van der Waals surface area (Å²) in [6.07, 6.45) is 4.58. The fourth-order valence-corrected chi connectivity index (χ4v) is 2.87. The first-order valence-corrected chi connectivity index (χ1v) is 7.39. The second-order valence-electron chi connectivity index (χ2n) is 5.72. The standard InChI is InChI=1S/C17H26N2/c1-4-15(12-16(18)13(2)3)19-11-7-9-14-8-5-6-10-17(14)19/h5-6,8,10,15H,4,7,9,11-12,18H2,1-3H3. The number of allylic oxidation sites excluding steroid dienone is 1. The van der Waals surface area contributed by atoms with Crippen LogP contribution in [0.15, 0.2) is 35.5 Å². The van der Waals surface area contributed by atoms with Crippen LogP contribution >= 0.6 is 0 Å². The highest BCUT2D eigenvalue weighted by molar-refractivity contribution is 5.56. The summed E-state index contributed by atoms with van der Waals surface area (Å²) in [7, 11) is 0. The molecule has 0 fully saturated rings. The fraction of sp³-hybridized carbons (Fsp3) is 0.529. The van der Waals surface area contributed by atoms with E-state index in [0.29, 0.717) is 6.04 Å². The monoisotopic (exact) mass is 258 g/mol. The Bertz CT molecular complexity index is 458. The van der Waals surface area contributed by atoms with E-state index in [2.05, 4.69) is 49.9 Å². The third-order valence-electron chi connectivity index (χ3n) is 4.16. The number of hydrogen-bond donors (Lipinski definition) is 1. The first-order valence-electron chi connectivity index (χ1n) is 7.39. The number of benzene rings is 1. The maximum atomic E-state index is 6.17. The third-order valence-corrected chi connectivity index (χ3v) is 4.16. The van der Waals surface area contributed by atoms with E-state index in [0.717, 1.165) is 25.1 Å². The van der Waals surface area contributed by atoms with E-state index < -0.39 is 0 Å². The Labute approximate surface area is 117 Å². The van der Waals surface area contributed by atoms with Gasteiger partial charge in [0.25, 0.3) is 0 Å². The molecule has 0 spiro atoms. The minimum Gasteiger partial charge on any atom is -0.402 e. The molecule has 2 heteroatoms. The molecule has 1 heterocycles. The molecule has 0 bridgehead atoms. The van der Waals surface area contributed by atoms with Gasteiger partial charge >= 0.3 is 0 Å². The average molecular weight is 258 g/mol. The lowest BCUT2D eigenvalue weighted by Gasteiger charge is -2.38. The largest absolute Gasteiger partial charge is 0.402 e. The number of aryl methyl sites for hydroxylation is 1. The summed E-state index contributed by atoms with van der Waals surface area (Å²) >= 11 is 0. The quantitative estimate of drug-likeness (QED) is 0.888. The second-order valence-corrected chi connectivity index (χ2v) is 5.72. The molecule has 0 amide bonds. The predicted molar refractivity (Wildman–Crippen MR) is 83.4 cm³/mol. The summed E-state index contributed by atoms with van der Waals surface area (Å²) in [4.78, 5) is 2.56. The summed E-state index contributed by atoms with van der Waals surface area (Å²) in [5.74, 6) is 0. The van der Waals surface area contributed by atoms with Crippen LogP contribution in [0, 0.1) is 0 Å². The molecule has 0 radical (unpaired) electrons. The number of nitrogens with two attached hydrogens (primary N) is 1. The Morgan fingerprint density at radius 1 is 1.32 bits per heavy atom. The zero-order valence-electron chi connectivity index (χ0n) is 12.4. The van der Waals surface area contributed by atoms with Crippen LogP contribution in [0.2, 0.25) is 0 Å². The van der Waals surface area contributed by atoms with Crippen LogP contribution in [-0.2, 0) is 6.42 Å². The molecule has 104 valence electrons. The topological polar surface area (TPSA) is 29.3 Å². The summed E-state index contributed by atoms with van der Waals surface area (Å²) in [5.41, 5.74) is 11.4. The van der Waals surface area contributed by atoms with Crippen molar-refractivity contribution >= 4 is 5.69 Å². The molecule has 19 heavy (non-hydrogen) atoms. The van der Waals surface area contributed by atoms with Gasteiger partial charge in [0, 0.05) is 30.4 Å². The predicted octanol–water partition coefficient (Wildman–Crippen LogP) is 3.86. The van der Waals surface area contributed by atoms with Crippen LogP contribution in [0.5, 0.6) is 0 Å². The Balaban J connectivity index is 2.23. The highest BCUT2D eigenvalue weighted by atomic mass is 15.2. The number of hydrogen-bond acceptors (Lipinski definition) is 2. The number of rotatable bonds is 4. The van der Waals surface area contributed by atoms with Crippen LogP contribution in [-0.4, -0.2) is 12.6 Å². The Morgan fingerprint density at radius 2 is 2.05 bits per heavy atom. The van der Waals surface area contributed by atoms with Gasteiger partial charge in [-0.2, -0.15) is 0 Å². The second kappa shape index (κ2) is 6.14. The van der Waals surface area contributed by atoms with Gasteiger partial charge < -0.3 is 10.6 Å². The normalized spacial score (nSPS) is 15.8. The van der Waals surface area contributed by atoms with Crippen molar-refractivity contribution in [2.75, 3.05) is 11.4 Å². The zero-order chi connectivity index (χ0) is 13.8. The highest BCUT2D eigenvalue weighted by Gasteiger charge is 2.23. The van der Waals surface area contributed by atoms with Gasteiger partial charge in [0.15, 0.2) is 0 Å². The van der Waals surface area contributed by atoms with Gasteiger partial charge in [-0.1, -0.05) is 30.7 Å². The van der Waals surface area contributed by atoms with Crippen LogP contribution in [0.1, 0.15) is 45.6 Å². The van der Waals surface area contributed by atoms with E-state index in [1.807, 2.05) is 0 Å². The molecule has 1 unspecified atom stereocenters. The summed E-state index contributed by atoms with van der Waals surface area (Å²) in [6.45, 7) is 7.63. The Kier molecular flexibility index (Phi) is 4.52. The summed E-state index contributed by atoms with van der Waals surface area (Å²) < 4.78 is 0. The molecule has 1 aliphatic rings. The van der Waals surface area contributed by atoms with E-state index >= 15 is 0 Å². The minimum atomic E-state index is 0.524. The molecular formula is C17H26N2. The van der Waals surface area contributed by atoms with Crippen molar-refractivity contribution in [2.24, 2.45) is 5.73 Å². The van der Waals surface area contributed by atoms with Gasteiger partial charge in [0.05, 0.1) is 0 Å². The van der Waals surface area contributed by atoms with Crippen molar-refractivity contribution in [3.63, 3.8) is 0 Å². The average Bonchev–Trinajstić information content (AvgIpc) is 2.44. The molecule has 2 rings (SSSR count). The SMILES string of the molecule is CCC(CC(N)=C(C)C)N1CCCc2ccccc21. The summed E-state index contributed by atoms with van der Waals surface area (Å²) in [6, 6.07) is 9.34. The van der Waals surface area contributed by atoms with Crippen molar-refractivity contribution in [1.29, 1.82) is 0 Å². The van der Waals surface area contributed by atoms with Gasteiger partial charge in [-0.3, -0.25) is 0 Å². The first kappa shape index (κ1) is 14.0. The molecule has 2 N–H and O–H groups in total. The molecule has 1 aromatic rings. The molecule has 2 nitrogen and oxygen atoms in total. The number of nitrogens with zero attached hydrogens (tertiary/aromatic N) is 1. The van der Waals surface area contributed by atoms with Gasteiger partial charge in [-0.15, -0.1) is 0 Å². The molecule has 0 saturated carbocycles. The van der Waals surface area contributed by atoms with Crippen molar-refractivity contribution in [1.82, 2.24) is 0 Å². The number of anilines is 1. The molecule has 0 saturated heterocycles. The van der Waals surface area contributed by atoms with Crippen molar-refractivity contribution < 1.29 is 0 Å². The van der Waals surface area contributed by atoms with Crippen LogP contribution in [0.3, 0.4) is 0 Å². The Hall–Kier alpha value is -1.44. The van der Waals surface area contributed by atoms with Crippen LogP contribution in [0.4, 0.5) is 5.69 Å². The van der Waals surface area contributed by atoms with E-state index in [9.17, 15) is 0 Å². The minimum absolute atomic E-state index is 0.524. The highest BCUT2D eigenvalue weighted by Crippen LogP contribution is 2.30. The molecule has 1 atom stereocenters. The van der Waals surface area contributed by atoms with Crippen molar-refractivity contribution in [2.45, 2.75) is 52.5 Å². The smallest absolute Gasteiger partial charge is 0.0401 e. The van der Waals surface area contributed by atoms with E-state index in [1.165, 1.54) is 29.7 Å². The zero-order valence-corrected chi connectivity index (χ0v) is 12.4. The molecular weight excluding hydrogens is 232 g/mol. The Morgan fingerprint density at radius 3 is 2.74 bits per heavy atom. The summed E-state index contributed by atoms with van der Waals surface area (Å²) in [5, 5.41) is 0. The van der Waals surface area contributed by atoms with Crippen LogP contribution < -0.4 is 10.6 Å². The van der Waals surface area contributed by atoms with Gasteiger partial charge in [-0.05, 0) is 44.7 Å². The maximum Gasteiger partial charge on any atom is 0.0401 e. The van der Waals surface area contributed by atoms with E-state index in [4.69, 9.17) is 5.73 Å². The lowest BCUT2D eigenvalue weighted by atomic mass is 9.97. The number of fused-ring (bicyclic) bond motifs is 1. The number of para-hydroxylation sites is 1. The van der Waals surface area contributed by atoms with E-state index in [1.54, 1.807) is 0 Å². The lowest BCUT2D eigenvalue weighted by Crippen LogP contribution is -2.39. The third kappa shape index (κ3) is 3.12. The molecule has 0 aromatic heterocycles. The fourth-order valence-electron chi connectivity index (χ4n) is 2.87. The maximum absolute atomic E-state index is 6.17. The van der Waals surface area contributed by atoms with Crippen molar-refractivity contribution in [3.05, 3.63) is 41.1 Å². The molecule has 0 aliphatic carbocycles. The van der Waals surface area contributed by atoms with Gasteiger partial charge in [-0.25, -0.2) is 0 Å². The van der Waals surface area contributed by atoms with E-state index in [-0.39, 0.29) is 0 Å². The molecule has 1 aromatic carbocycles. The van der Waals surface area contributed by atoms with Gasteiger partial charge in [0.2, 0.25) is 0 Å². The molecule has 1 aliphatic heterocycles. The lowest BCUT2D eigenvalue weighted by molar-refractivity contribution is 0.538. The van der Waals surface area contributed by atoms with Crippen LogP contribution in [0.25, 0.3) is 0 Å². The van der Waals surface area contributed by atoms with Crippen molar-refractivity contribution in [3.8, 4) is 0 Å². The first-order chi connectivity index (χ1) is 9.13. The van der Waals surface area contributed by atoms with Gasteiger partial charge in [0.1, 0.15) is 0 Å².